The molecule has 0 bridgehead atoms. The molecular formula is C9H5BrKN2O3. The van der Waals surface area contributed by atoms with Gasteiger partial charge in [0.1, 0.15) is 4.60 Å². The monoisotopic (exact) mass is 307 g/mol. The first-order valence-electron chi connectivity index (χ1n) is 4.00. The molecule has 0 spiro atoms. The summed E-state index contributed by atoms with van der Waals surface area (Å²) in [5.41, 5.74) is 0.753. The van der Waals surface area contributed by atoms with Crippen molar-refractivity contribution < 1.29 is 14.7 Å². The van der Waals surface area contributed by atoms with Gasteiger partial charge in [0.25, 0.3) is 5.78 Å². The van der Waals surface area contributed by atoms with Crippen molar-refractivity contribution in [2.75, 3.05) is 0 Å². The summed E-state index contributed by atoms with van der Waals surface area (Å²) < 4.78 is 0.546. The van der Waals surface area contributed by atoms with E-state index in [1.165, 1.54) is 12.4 Å². The SMILES string of the molecule is O=C(O)C(=O)c1c[nH]c2c(Br)nccc12.[K]. The first kappa shape index (κ1) is 14.0. The molecule has 7 heteroatoms. The van der Waals surface area contributed by atoms with Crippen LogP contribution in [0.25, 0.3) is 10.9 Å². The van der Waals surface area contributed by atoms with Crippen molar-refractivity contribution in [2.24, 2.45) is 0 Å². The zero-order valence-corrected chi connectivity index (χ0v) is 13.0. The molecule has 2 N–H and O–H groups in total. The van der Waals surface area contributed by atoms with E-state index in [1.54, 1.807) is 6.07 Å². The first-order chi connectivity index (χ1) is 7.11. The van der Waals surface area contributed by atoms with E-state index in [-0.39, 0.29) is 56.9 Å². The number of nitrogens with one attached hydrogen (secondary N) is 1. The number of ketones is 1. The molecule has 0 unspecified atom stereocenters. The molecule has 0 saturated carbocycles. The van der Waals surface area contributed by atoms with E-state index in [9.17, 15) is 9.59 Å². The van der Waals surface area contributed by atoms with Gasteiger partial charge in [0.2, 0.25) is 0 Å². The molecule has 0 atom stereocenters. The number of carboxylic acid groups (broad SMARTS) is 1. The van der Waals surface area contributed by atoms with Crippen LogP contribution < -0.4 is 0 Å². The van der Waals surface area contributed by atoms with Crippen molar-refractivity contribution in [2.45, 2.75) is 0 Å². The Balaban J connectivity index is 0.00000128. The van der Waals surface area contributed by atoms with Crippen molar-refractivity contribution >= 4 is 90.0 Å². The number of carbonyl (C=O) groups excluding carboxylic acids is 1. The molecule has 2 aromatic rings. The van der Waals surface area contributed by atoms with Crippen LogP contribution >= 0.6 is 15.9 Å². The van der Waals surface area contributed by atoms with Crippen molar-refractivity contribution in [3.05, 3.63) is 28.6 Å². The van der Waals surface area contributed by atoms with E-state index in [1.807, 2.05) is 0 Å². The van der Waals surface area contributed by atoms with Crippen LogP contribution in [0.4, 0.5) is 0 Å². The number of aliphatic carboxylic acids is 1. The number of hydrogen-bond acceptors (Lipinski definition) is 3. The summed E-state index contributed by atoms with van der Waals surface area (Å²) in [4.78, 5) is 28.6. The van der Waals surface area contributed by atoms with Gasteiger partial charge >= 0.3 is 5.97 Å². The molecule has 0 aliphatic rings. The van der Waals surface area contributed by atoms with Gasteiger partial charge in [0.15, 0.2) is 0 Å². The Bertz CT molecular complexity index is 567. The number of rotatable bonds is 2. The Morgan fingerprint density at radius 3 is 2.75 bits per heavy atom. The molecule has 0 amide bonds. The molecule has 0 fully saturated rings. The molecular weight excluding hydrogens is 303 g/mol. The normalized spacial score (nSPS) is 9.81. The Morgan fingerprint density at radius 1 is 1.44 bits per heavy atom. The number of carboxylic acids is 1. The predicted octanol–water partition coefficient (Wildman–Crippen LogP) is 1.21. The van der Waals surface area contributed by atoms with Crippen molar-refractivity contribution in [1.82, 2.24) is 9.97 Å². The molecule has 2 aromatic heterocycles. The predicted molar refractivity (Wildman–Crippen MR) is 61.5 cm³/mol. The molecule has 16 heavy (non-hydrogen) atoms. The number of carbonyl (C=O) groups is 2. The van der Waals surface area contributed by atoms with Crippen LogP contribution in [0.15, 0.2) is 23.1 Å². The molecule has 0 saturated heterocycles. The van der Waals surface area contributed by atoms with Crippen molar-refractivity contribution in [3.63, 3.8) is 0 Å². The number of aromatic amines is 1. The summed E-state index contributed by atoms with van der Waals surface area (Å²) in [6, 6.07) is 1.59. The summed E-state index contributed by atoms with van der Waals surface area (Å²) >= 11 is 3.20. The number of Topliss-reactive ketones (excluding diaryl/α,β-unsaturated/α-hetero) is 1. The van der Waals surface area contributed by atoms with Gasteiger partial charge in [0.05, 0.1) is 11.1 Å². The fourth-order valence-electron chi connectivity index (χ4n) is 1.32. The molecule has 77 valence electrons. The van der Waals surface area contributed by atoms with E-state index >= 15 is 0 Å². The number of halogens is 1. The quantitative estimate of drug-likeness (QED) is 0.378. The summed E-state index contributed by atoms with van der Waals surface area (Å²) in [5, 5.41) is 9.14. The van der Waals surface area contributed by atoms with Crippen LogP contribution in [0, 0.1) is 0 Å². The average Bonchev–Trinajstić information content (AvgIpc) is 2.61. The summed E-state index contributed by atoms with van der Waals surface area (Å²) in [6.45, 7) is 0. The number of H-pyrrole nitrogens is 1. The minimum absolute atomic E-state index is 0. The molecule has 0 aliphatic carbocycles. The van der Waals surface area contributed by atoms with E-state index in [4.69, 9.17) is 5.11 Å². The second-order valence-electron chi connectivity index (χ2n) is 2.86. The fraction of sp³-hybridized carbons (Fsp3) is 0. The van der Waals surface area contributed by atoms with Crippen LogP contribution in [-0.2, 0) is 4.79 Å². The molecule has 5 nitrogen and oxygen atoms in total. The van der Waals surface area contributed by atoms with Gasteiger partial charge in [-0.2, -0.15) is 0 Å². The Labute approximate surface area is 141 Å². The summed E-state index contributed by atoms with van der Waals surface area (Å²) in [6.07, 6.45) is 2.87. The molecule has 0 aromatic carbocycles. The third-order valence-electron chi connectivity index (χ3n) is 1.99. The van der Waals surface area contributed by atoms with Crippen molar-refractivity contribution in [3.8, 4) is 0 Å². The average molecular weight is 308 g/mol. The molecule has 2 rings (SSSR count). The fourth-order valence-corrected chi connectivity index (χ4v) is 1.77. The zero-order chi connectivity index (χ0) is 11.0. The largest absolute Gasteiger partial charge is 0.475 e. The van der Waals surface area contributed by atoms with Gasteiger partial charge in [-0.3, -0.25) is 4.79 Å². The maximum Gasteiger partial charge on any atom is 0.377 e. The van der Waals surface area contributed by atoms with Gasteiger partial charge in [-0.15, -0.1) is 0 Å². The Kier molecular flexibility index (Phi) is 4.83. The van der Waals surface area contributed by atoms with Crippen LogP contribution in [0.3, 0.4) is 0 Å². The Morgan fingerprint density at radius 2 is 2.12 bits per heavy atom. The van der Waals surface area contributed by atoms with E-state index in [0.717, 1.165) is 0 Å². The zero-order valence-electron chi connectivity index (χ0n) is 8.32. The number of aromatic nitrogens is 2. The molecule has 0 aliphatic heterocycles. The summed E-state index contributed by atoms with van der Waals surface area (Å²) in [5.74, 6) is -2.40. The third kappa shape index (κ3) is 2.44. The number of fused-ring (bicyclic) bond motifs is 1. The van der Waals surface area contributed by atoms with E-state index in [0.29, 0.717) is 15.5 Å². The van der Waals surface area contributed by atoms with Gasteiger partial charge in [-0.1, -0.05) is 0 Å². The maximum atomic E-state index is 11.3. The second kappa shape index (κ2) is 5.52. The van der Waals surface area contributed by atoms with Crippen LogP contribution in [-0.4, -0.2) is 78.2 Å². The van der Waals surface area contributed by atoms with Crippen molar-refractivity contribution in [1.29, 1.82) is 0 Å². The van der Waals surface area contributed by atoms with Gasteiger partial charge < -0.3 is 10.1 Å². The van der Waals surface area contributed by atoms with Crippen LogP contribution in [0.1, 0.15) is 10.4 Å². The molecule has 1 radical (unpaired) electrons. The number of hydrogen-bond donors (Lipinski definition) is 2. The second-order valence-corrected chi connectivity index (χ2v) is 3.61. The smallest absolute Gasteiger partial charge is 0.377 e. The Hall–Kier alpha value is -0.0536. The minimum Gasteiger partial charge on any atom is -0.475 e. The third-order valence-corrected chi connectivity index (χ3v) is 2.60. The molecule has 2 heterocycles. The van der Waals surface area contributed by atoms with Gasteiger partial charge in [0, 0.05) is 69.2 Å². The first-order valence-corrected chi connectivity index (χ1v) is 4.80. The van der Waals surface area contributed by atoms with Crippen LogP contribution in [0.2, 0.25) is 0 Å². The van der Waals surface area contributed by atoms with E-state index in [2.05, 4.69) is 25.9 Å². The summed E-state index contributed by atoms with van der Waals surface area (Å²) in [7, 11) is 0. The van der Waals surface area contributed by atoms with Crippen LogP contribution in [0.5, 0.6) is 0 Å². The maximum absolute atomic E-state index is 11.3. The topological polar surface area (TPSA) is 83.0 Å². The number of pyridine rings is 1. The van der Waals surface area contributed by atoms with E-state index < -0.39 is 11.8 Å². The van der Waals surface area contributed by atoms with Gasteiger partial charge in [-0.25, -0.2) is 9.78 Å². The van der Waals surface area contributed by atoms with Gasteiger partial charge in [-0.05, 0) is 22.0 Å². The standard InChI is InChI=1S/C9H5BrN2O3.K/c10-8-6-4(1-2-11-8)5(3-12-6)7(13)9(14)15;/h1-3,12H,(H,14,15);. The number of nitrogens with zero attached hydrogens (tertiary/aromatic N) is 1. The minimum atomic E-state index is -1.47.